The highest BCUT2D eigenvalue weighted by Crippen LogP contribution is 2.30. The summed E-state index contributed by atoms with van der Waals surface area (Å²) in [6.45, 7) is 0. The highest BCUT2D eigenvalue weighted by atomic mass is 32.2. The van der Waals surface area contributed by atoms with Crippen molar-refractivity contribution in [3.05, 3.63) is 18.6 Å². The van der Waals surface area contributed by atoms with Gasteiger partial charge in [-0.2, -0.15) is 0 Å². The number of Topliss-reactive ketones (excluding diaryl/α,β-unsaturated/α-hetero) is 1. The first kappa shape index (κ1) is 8.69. The smallest absolute Gasteiger partial charge is 0.146 e. The molecule has 1 aliphatic carbocycles. The maximum atomic E-state index is 11.3. The van der Waals surface area contributed by atoms with Gasteiger partial charge in [0.2, 0.25) is 0 Å². The summed E-state index contributed by atoms with van der Waals surface area (Å²) in [5.74, 6) is 0.364. The molecule has 1 unspecified atom stereocenters. The highest BCUT2D eigenvalue weighted by molar-refractivity contribution is 8.00. The van der Waals surface area contributed by atoms with Crippen molar-refractivity contribution < 1.29 is 4.79 Å². The van der Waals surface area contributed by atoms with Crippen LogP contribution in [-0.2, 0) is 4.79 Å². The second kappa shape index (κ2) is 3.87. The molecule has 0 amide bonds. The molecule has 1 atom stereocenters. The summed E-state index contributed by atoms with van der Waals surface area (Å²) in [6.07, 6.45) is 5.98. The van der Waals surface area contributed by atoms with Gasteiger partial charge in [0, 0.05) is 12.6 Å². The molecule has 1 aromatic heterocycles. The van der Waals surface area contributed by atoms with E-state index >= 15 is 0 Å². The minimum absolute atomic E-state index is 0.134. The minimum Gasteiger partial charge on any atom is -0.298 e. The van der Waals surface area contributed by atoms with Gasteiger partial charge in [-0.05, 0) is 18.9 Å². The first-order chi connectivity index (χ1) is 6.36. The average molecular weight is 194 g/mol. The van der Waals surface area contributed by atoms with Gasteiger partial charge < -0.3 is 0 Å². The second-order valence-corrected chi connectivity index (χ2v) is 4.24. The topological polar surface area (TPSA) is 42.9 Å². The van der Waals surface area contributed by atoms with Crippen LogP contribution in [0.1, 0.15) is 19.3 Å². The Morgan fingerprint density at radius 3 is 3.08 bits per heavy atom. The molecule has 1 saturated carbocycles. The van der Waals surface area contributed by atoms with E-state index in [1.807, 2.05) is 6.07 Å². The van der Waals surface area contributed by atoms with Gasteiger partial charge in [-0.25, -0.2) is 9.97 Å². The quantitative estimate of drug-likeness (QED) is 0.672. The lowest BCUT2D eigenvalue weighted by atomic mass is 10.3. The maximum absolute atomic E-state index is 11.3. The van der Waals surface area contributed by atoms with Crippen LogP contribution in [0.4, 0.5) is 0 Å². The lowest BCUT2D eigenvalue weighted by molar-refractivity contribution is -0.116. The molecule has 13 heavy (non-hydrogen) atoms. The van der Waals surface area contributed by atoms with Gasteiger partial charge in [-0.1, -0.05) is 11.8 Å². The molecule has 0 saturated heterocycles. The van der Waals surface area contributed by atoms with Crippen LogP contribution in [0.3, 0.4) is 0 Å². The van der Waals surface area contributed by atoms with Gasteiger partial charge in [0.1, 0.15) is 17.1 Å². The average Bonchev–Trinajstić information content (AvgIpc) is 2.54. The Hall–Kier alpha value is -0.900. The first-order valence-electron chi connectivity index (χ1n) is 4.31. The van der Waals surface area contributed by atoms with Crippen molar-refractivity contribution in [2.45, 2.75) is 29.5 Å². The molecule has 3 nitrogen and oxygen atoms in total. The van der Waals surface area contributed by atoms with Crippen LogP contribution in [0.15, 0.2) is 23.6 Å². The largest absolute Gasteiger partial charge is 0.298 e. The molecule has 1 fully saturated rings. The summed E-state index contributed by atoms with van der Waals surface area (Å²) in [4.78, 5) is 19.2. The summed E-state index contributed by atoms with van der Waals surface area (Å²) < 4.78 is 0. The van der Waals surface area contributed by atoms with Crippen LogP contribution in [0, 0.1) is 0 Å². The van der Waals surface area contributed by atoms with Crippen molar-refractivity contribution >= 4 is 17.5 Å². The number of carbonyl (C=O) groups is 1. The number of hydrogen-bond donors (Lipinski definition) is 0. The second-order valence-electron chi connectivity index (χ2n) is 3.01. The standard InChI is InChI=1S/C9H10N2OS/c12-7-2-1-3-8(7)13-9-4-5-10-6-11-9/h4-6,8H,1-3H2. The van der Waals surface area contributed by atoms with E-state index in [2.05, 4.69) is 9.97 Å². The third-order valence-electron chi connectivity index (χ3n) is 2.07. The van der Waals surface area contributed by atoms with Gasteiger partial charge >= 0.3 is 0 Å². The molecule has 1 heterocycles. The van der Waals surface area contributed by atoms with E-state index in [0.29, 0.717) is 5.78 Å². The molecule has 68 valence electrons. The number of aromatic nitrogens is 2. The van der Waals surface area contributed by atoms with Crippen LogP contribution >= 0.6 is 11.8 Å². The Kier molecular flexibility index (Phi) is 2.59. The van der Waals surface area contributed by atoms with E-state index in [9.17, 15) is 4.79 Å². The van der Waals surface area contributed by atoms with Gasteiger partial charge in [-0.15, -0.1) is 0 Å². The Bertz CT molecular complexity index is 302. The molecule has 0 bridgehead atoms. The predicted molar refractivity (Wildman–Crippen MR) is 50.5 cm³/mol. The Morgan fingerprint density at radius 2 is 2.46 bits per heavy atom. The first-order valence-corrected chi connectivity index (χ1v) is 5.19. The molecule has 0 spiro atoms. The monoisotopic (exact) mass is 194 g/mol. The van der Waals surface area contributed by atoms with Crippen molar-refractivity contribution in [1.29, 1.82) is 0 Å². The normalized spacial score (nSPS) is 22.2. The van der Waals surface area contributed by atoms with Gasteiger partial charge in [0.25, 0.3) is 0 Å². The fourth-order valence-electron chi connectivity index (χ4n) is 1.40. The molecule has 2 rings (SSSR count). The molecule has 1 aliphatic rings. The zero-order valence-electron chi connectivity index (χ0n) is 7.14. The van der Waals surface area contributed by atoms with Crippen molar-refractivity contribution in [1.82, 2.24) is 9.97 Å². The SMILES string of the molecule is O=C1CCCC1Sc1ccncn1. The molecular formula is C9H10N2OS. The van der Waals surface area contributed by atoms with Crippen LogP contribution in [0.25, 0.3) is 0 Å². The molecule has 0 aliphatic heterocycles. The summed E-state index contributed by atoms with van der Waals surface area (Å²) >= 11 is 1.56. The van der Waals surface area contributed by atoms with E-state index in [4.69, 9.17) is 0 Å². The molecule has 1 aromatic rings. The van der Waals surface area contributed by atoms with E-state index in [-0.39, 0.29) is 5.25 Å². The zero-order valence-corrected chi connectivity index (χ0v) is 7.96. The van der Waals surface area contributed by atoms with E-state index in [1.165, 1.54) is 6.33 Å². The van der Waals surface area contributed by atoms with Crippen LogP contribution in [-0.4, -0.2) is 21.0 Å². The van der Waals surface area contributed by atoms with E-state index in [0.717, 1.165) is 24.3 Å². The number of thioether (sulfide) groups is 1. The van der Waals surface area contributed by atoms with Crippen LogP contribution in [0.5, 0.6) is 0 Å². The molecule has 4 heteroatoms. The predicted octanol–water partition coefficient (Wildman–Crippen LogP) is 1.69. The van der Waals surface area contributed by atoms with E-state index in [1.54, 1.807) is 18.0 Å². The lowest BCUT2D eigenvalue weighted by Crippen LogP contribution is -2.08. The summed E-state index contributed by atoms with van der Waals surface area (Å²) in [5.41, 5.74) is 0. The van der Waals surface area contributed by atoms with Crippen molar-refractivity contribution in [3.63, 3.8) is 0 Å². The summed E-state index contributed by atoms with van der Waals surface area (Å²) in [7, 11) is 0. The molecule has 0 radical (unpaired) electrons. The zero-order chi connectivity index (χ0) is 9.10. The van der Waals surface area contributed by atoms with Crippen molar-refractivity contribution in [2.75, 3.05) is 0 Å². The number of carbonyl (C=O) groups excluding carboxylic acids is 1. The Morgan fingerprint density at radius 1 is 1.54 bits per heavy atom. The van der Waals surface area contributed by atoms with Crippen LogP contribution < -0.4 is 0 Å². The Balaban J connectivity index is 2.02. The van der Waals surface area contributed by atoms with E-state index < -0.39 is 0 Å². The fraction of sp³-hybridized carbons (Fsp3) is 0.444. The lowest BCUT2D eigenvalue weighted by Gasteiger charge is -2.04. The van der Waals surface area contributed by atoms with Crippen LogP contribution in [0.2, 0.25) is 0 Å². The number of ketones is 1. The molecule has 0 aromatic carbocycles. The third kappa shape index (κ3) is 2.06. The fourth-order valence-corrected chi connectivity index (χ4v) is 2.48. The number of hydrogen-bond acceptors (Lipinski definition) is 4. The van der Waals surface area contributed by atoms with Crippen molar-refractivity contribution in [3.8, 4) is 0 Å². The van der Waals surface area contributed by atoms with Gasteiger partial charge in [0.05, 0.1) is 5.25 Å². The molecular weight excluding hydrogens is 184 g/mol. The molecule has 0 N–H and O–H groups in total. The minimum atomic E-state index is 0.134. The Labute approximate surface area is 81.0 Å². The van der Waals surface area contributed by atoms with Crippen molar-refractivity contribution in [2.24, 2.45) is 0 Å². The summed E-state index contributed by atoms with van der Waals surface area (Å²) in [5, 5.41) is 1.03. The van der Waals surface area contributed by atoms with Gasteiger partial charge in [-0.3, -0.25) is 4.79 Å². The number of rotatable bonds is 2. The summed E-state index contributed by atoms with van der Waals surface area (Å²) in [6, 6.07) is 1.84. The third-order valence-corrected chi connectivity index (χ3v) is 3.33. The number of nitrogens with zero attached hydrogens (tertiary/aromatic N) is 2. The van der Waals surface area contributed by atoms with Gasteiger partial charge in [0.15, 0.2) is 0 Å². The highest BCUT2D eigenvalue weighted by Gasteiger charge is 2.25. The maximum Gasteiger partial charge on any atom is 0.146 e.